The lowest BCUT2D eigenvalue weighted by atomic mass is 10.1. The van der Waals surface area contributed by atoms with Gasteiger partial charge in [-0.2, -0.15) is 11.3 Å². The van der Waals surface area contributed by atoms with Crippen LogP contribution in [-0.4, -0.2) is 6.61 Å². The Balaban J connectivity index is 2.01. The third kappa shape index (κ3) is 3.31. The normalized spacial score (nSPS) is 12.4. The molecule has 0 spiro atoms. The zero-order valence-electron chi connectivity index (χ0n) is 10.2. The van der Waals surface area contributed by atoms with Crippen molar-refractivity contribution in [3.63, 3.8) is 0 Å². The Labute approximate surface area is 110 Å². The van der Waals surface area contributed by atoms with E-state index in [0.717, 1.165) is 12.0 Å². The molecule has 96 valence electrons. The molecule has 4 heteroatoms. The van der Waals surface area contributed by atoms with Crippen molar-refractivity contribution >= 4 is 11.3 Å². The van der Waals surface area contributed by atoms with Crippen molar-refractivity contribution in [3.05, 3.63) is 52.0 Å². The number of halogens is 1. The molecule has 0 saturated heterocycles. The lowest BCUT2D eigenvalue weighted by Crippen LogP contribution is -2.09. The first kappa shape index (κ1) is 13.1. The molecule has 2 nitrogen and oxygen atoms in total. The lowest BCUT2D eigenvalue weighted by Gasteiger charge is -2.13. The van der Waals surface area contributed by atoms with Gasteiger partial charge in [0.05, 0.1) is 6.61 Å². The third-order valence-electron chi connectivity index (χ3n) is 2.69. The van der Waals surface area contributed by atoms with Gasteiger partial charge in [-0.1, -0.05) is 6.07 Å². The summed E-state index contributed by atoms with van der Waals surface area (Å²) in [5, 5.41) is 4.12. The van der Waals surface area contributed by atoms with E-state index in [4.69, 9.17) is 10.5 Å². The quantitative estimate of drug-likeness (QED) is 0.897. The molecule has 0 saturated carbocycles. The number of ether oxygens (including phenoxy) is 1. The molecule has 1 atom stereocenters. The van der Waals surface area contributed by atoms with Gasteiger partial charge in [0.15, 0.2) is 0 Å². The van der Waals surface area contributed by atoms with E-state index in [9.17, 15) is 4.39 Å². The average molecular weight is 265 g/mol. The van der Waals surface area contributed by atoms with Crippen LogP contribution in [0.5, 0.6) is 5.75 Å². The fraction of sp³-hybridized carbons (Fsp3) is 0.286. The van der Waals surface area contributed by atoms with Crippen LogP contribution in [0.3, 0.4) is 0 Å². The molecular formula is C14H16FNOS. The van der Waals surface area contributed by atoms with Crippen LogP contribution in [0.25, 0.3) is 0 Å². The molecule has 0 aliphatic carbocycles. The van der Waals surface area contributed by atoms with E-state index >= 15 is 0 Å². The van der Waals surface area contributed by atoms with Gasteiger partial charge >= 0.3 is 0 Å². The maximum Gasteiger partial charge on any atom is 0.126 e. The monoisotopic (exact) mass is 265 g/mol. The van der Waals surface area contributed by atoms with Gasteiger partial charge in [-0.15, -0.1) is 0 Å². The smallest absolute Gasteiger partial charge is 0.126 e. The summed E-state index contributed by atoms with van der Waals surface area (Å²) < 4.78 is 18.8. The van der Waals surface area contributed by atoms with Crippen LogP contribution in [-0.2, 0) is 6.42 Å². The maximum atomic E-state index is 13.2. The zero-order valence-corrected chi connectivity index (χ0v) is 11.0. The highest BCUT2D eigenvalue weighted by atomic mass is 32.1. The van der Waals surface area contributed by atoms with E-state index in [1.54, 1.807) is 17.4 Å². The molecule has 1 aromatic carbocycles. The molecule has 0 aliphatic rings. The van der Waals surface area contributed by atoms with Crippen LogP contribution in [0.15, 0.2) is 35.0 Å². The Morgan fingerprint density at radius 2 is 2.22 bits per heavy atom. The van der Waals surface area contributed by atoms with E-state index in [-0.39, 0.29) is 11.9 Å². The van der Waals surface area contributed by atoms with E-state index < -0.39 is 0 Å². The summed E-state index contributed by atoms with van der Waals surface area (Å²) in [6.07, 6.45) is 0.818. The fourth-order valence-corrected chi connectivity index (χ4v) is 2.43. The summed E-state index contributed by atoms with van der Waals surface area (Å²) in [5.41, 5.74) is 7.90. The van der Waals surface area contributed by atoms with Gasteiger partial charge in [0.2, 0.25) is 0 Å². The predicted molar refractivity (Wildman–Crippen MR) is 72.5 cm³/mol. The minimum absolute atomic E-state index is 0.165. The number of hydrogen-bond donors (Lipinski definition) is 1. The van der Waals surface area contributed by atoms with Crippen LogP contribution in [0.1, 0.15) is 24.1 Å². The van der Waals surface area contributed by atoms with Crippen molar-refractivity contribution in [3.8, 4) is 5.75 Å². The number of thiophene rings is 1. The average Bonchev–Trinajstić information content (AvgIpc) is 2.82. The molecular weight excluding hydrogens is 249 g/mol. The second kappa shape index (κ2) is 5.98. The molecule has 1 heterocycles. The summed E-state index contributed by atoms with van der Waals surface area (Å²) in [5.74, 6) is 0.241. The summed E-state index contributed by atoms with van der Waals surface area (Å²) in [7, 11) is 0. The van der Waals surface area contributed by atoms with Gasteiger partial charge < -0.3 is 10.5 Å². The van der Waals surface area contributed by atoms with Crippen LogP contribution in [0.4, 0.5) is 4.39 Å². The Hall–Kier alpha value is -1.39. The Morgan fingerprint density at radius 3 is 2.89 bits per heavy atom. The van der Waals surface area contributed by atoms with E-state index in [1.165, 1.54) is 17.7 Å². The first-order valence-corrected chi connectivity index (χ1v) is 6.80. The number of nitrogens with two attached hydrogens (primary N) is 1. The lowest BCUT2D eigenvalue weighted by molar-refractivity contribution is 0.315. The summed E-state index contributed by atoms with van der Waals surface area (Å²) in [6, 6.07) is 6.38. The van der Waals surface area contributed by atoms with Crippen molar-refractivity contribution in [2.75, 3.05) is 6.61 Å². The summed E-state index contributed by atoms with van der Waals surface area (Å²) in [6.45, 7) is 2.39. The molecule has 2 N–H and O–H groups in total. The van der Waals surface area contributed by atoms with Crippen molar-refractivity contribution in [1.29, 1.82) is 0 Å². The highest BCUT2D eigenvalue weighted by Crippen LogP contribution is 2.25. The Bertz CT molecular complexity index is 497. The van der Waals surface area contributed by atoms with Gasteiger partial charge in [-0.25, -0.2) is 4.39 Å². The van der Waals surface area contributed by atoms with E-state index in [1.807, 2.05) is 12.3 Å². The van der Waals surface area contributed by atoms with Gasteiger partial charge in [-0.05, 0) is 35.4 Å². The molecule has 0 bridgehead atoms. The van der Waals surface area contributed by atoms with Crippen LogP contribution in [0.2, 0.25) is 0 Å². The molecule has 0 radical (unpaired) electrons. The second-order valence-corrected chi connectivity index (χ2v) is 4.98. The maximum absolute atomic E-state index is 13.2. The minimum Gasteiger partial charge on any atom is -0.493 e. The molecule has 0 aliphatic heterocycles. The molecule has 1 aromatic heterocycles. The summed E-state index contributed by atoms with van der Waals surface area (Å²) >= 11 is 1.66. The van der Waals surface area contributed by atoms with Crippen molar-refractivity contribution in [1.82, 2.24) is 0 Å². The van der Waals surface area contributed by atoms with Gasteiger partial charge in [0, 0.05) is 24.1 Å². The molecule has 0 amide bonds. The predicted octanol–water partition coefficient (Wildman–Crippen LogP) is 3.53. The van der Waals surface area contributed by atoms with Crippen LogP contribution in [0, 0.1) is 5.82 Å². The van der Waals surface area contributed by atoms with Gasteiger partial charge in [-0.3, -0.25) is 0 Å². The third-order valence-corrected chi connectivity index (χ3v) is 3.43. The standard InChI is InChI=1S/C14H16FNOS/c1-10(16)13-3-2-12(15)8-14(13)17-6-4-11-5-7-18-9-11/h2-3,5,7-10H,4,6,16H2,1H3/t10-/m1/s1. The van der Waals surface area contributed by atoms with E-state index in [2.05, 4.69) is 11.4 Å². The first-order chi connectivity index (χ1) is 8.66. The van der Waals surface area contributed by atoms with Crippen molar-refractivity contribution < 1.29 is 9.13 Å². The largest absolute Gasteiger partial charge is 0.493 e. The van der Waals surface area contributed by atoms with Crippen LogP contribution >= 0.6 is 11.3 Å². The summed E-state index contributed by atoms with van der Waals surface area (Å²) in [4.78, 5) is 0. The highest BCUT2D eigenvalue weighted by Gasteiger charge is 2.09. The first-order valence-electron chi connectivity index (χ1n) is 5.85. The van der Waals surface area contributed by atoms with Crippen molar-refractivity contribution in [2.24, 2.45) is 5.73 Å². The van der Waals surface area contributed by atoms with E-state index in [0.29, 0.717) is 12.4 Å². The highest BCUT2D eigenvalue weighted by molar-refractivity contribution is 7.07. The molecule has 18 heavy (non-hydrogen) atoms. The molecule has 0 fully saturated rings. The topological polar surface area (TPSA) is 35.2 Å². The van der Waals surface area contributed by atoms with Crippen LogP contribution < -0.4 is 10.5 Å². The Kier molecular flexibility index (Phi) is 4.33. The Morgan fingerprint density at radius 1 is 1.39 bits per heavy atom. The van der Waals surface area contributed by atoms with Crippen molar-refractivity contribution in [2.45, 2.75) is 19.4 Å². The number of benzene rings is 1. The minimum atomic E-state index is -0.301. The molecule has 2 rings (SSSR count). The van der Waals surface area contributed by atoms with Gasteiger partial charge in [0.1, 0.15) is 11.6 Å². The SMILES string of the molecule is C[C@@H](N)c1ccc(F)cc1OCCc1ccsc1. The zero-order chi connectivity index (χ0) is 13.0. The number of hydrogen-bond acceptors (Lipinski definition) is 3. The molecule has 2 aromatic rings. The molecule has 0 unspecified atom stereocenters. The number of rotatable bonds is 5. The second-order valence-electron chi connectivity index (χ2n) is 4.20. The fourth-order valence-electron chi connectivity index (χ4n) is 1.72. The van der Waals surface area contributed by atoms with Gasteiger partial charge in [0.25, 0.3) is 0 Å².